The van der Waals surface area contributed by atoms with Gasteiger partial charge in [-0.25, -0.2) is 4.98 Å². The SMILES string of the molecule is CC(C)(C)c1cc(CCCn2ccnc2)no1. The van der Waals surface area contributed by atoms with Crippen LogP contribution in [0, 0.1) is 0 Å². The third-order valence-electron chi connectivity index (χ3n) is 2.71. The molecule has 0 aromatic carbocycles. The maximum absolute atomic E-state index is 5.35. The third-order valence-corrected chi connectivity index (χ3v) is 2.71. The number of hydrogen-bond donors (Lipinski definition) is 0. The summed E-state index contributed by atoms with van der Waals surface area (Å²) >= 11 is 0. The smallest absolute Gasteiger partial charge is 0.142 e. The monoisotopic (exact) mass is 233 g/mol. The van der Waals surface area contributed by atoms with Crippen molar-refractivity contribution in [2.24, 2.45) is 0 Å². The van der Waals surface area contributed by atoms with E-state index in [2.05, 4.69) is 41.5 Å². The van der Waals surface area contributed by atoms with Crippen molar-refractivity contribution in [1.29, 1.82) is 0 Å². The summed E-state index contributed by atoms with van der Waals surface area (Å²) in [7, 11) is 0. The molecule has 0 aliphatic carbocycles. The van der Waals surface area contributed by atoms with E-state index in [0.29, 0.717) is 0 Å². The van der Waals surface area contributed by atoms with Crippen molar-refractivity contribution in [1.82, 2.24) is 14.7 Å². The average molecular weight is 233 g/mol. The molecule has 0 bridgehead atoms. The minimum atomic E-state index is 0.0373. The molecule has 17 heavy (non-hydrogen) atoms. The van der Waals surface area contributed by atoms with Crippen molar-refractivity contribution in [3.8, 4) is 0 Å². The van der Waals surface area contributed by atoms with Crippen molar-refractivity contribution in [3.05, 3.63) is 36.2 Å². The highest BCUT2D eigenvalue weighted by molar-refractivity contribution is 5.13. The lowest BCUT2D eigenvalue weighted by Crippen LogP contribution is -2.09. The van der Waals surface area contributed by atoms with E-state index in [-0.39, 0.29) is 5.41 Å². The highest BCUT2D eigenvalue weighted by Gasteiger charge is 2.19. The first kappa shape index (κ1) is 11.9. The summed E-state index contributed by atoms with van der Waals surface area (Å²) in [5.41, 5.74) is 1.07. The van der Waals surface area contributed by atoms with Crippen LogP contribution >= 0.6 is 0 Å². The largest absolute Gasteiger partial charge is 0.361 e. The maximum atomic E-state index is 5.35. The Kier molecular flexibility index (Phi) is 3.31. The van der Waals surface area contributed by atoms with Gasteiger partial charge in [-0.1, -0.05) is 25.9 Å². The third kappa shape index (κ3) is 3.19. The topological polar surface area (TPSA) is 43.9 Å². The first-order valence-corrected chi connectivity index (χ1v) is 5.97. The van der Waals surface area contributed by atoms with E-state index in [1.54, 1.807) is 6.20 Å². The number of hydrogen-bond acceptors (Lipinski definition) is 3. The van der Waals surface area contributed by atoms with Crippen LogP contribution in [-0.2, 0) is 18.4 Å². The van der Waals surface area contributed by atoms with Gasteiger partial charge in [-0.15, -0.1) is 0 Å². The Bertz CT molecular complexity index is 451. The summed E-state index contributed by atoms with van der Waals surface area (Å²) in [6.07, 6.45) is 7.60. The fourth-order valence-electron chi connectivity index (χ4n) is 1.64. The maximum Gasteiger partial charge on any atom is 0.142 e. The second kappa shape index (κ2) is 4.73. The Balaban J connectivity index is 1.85. The molecule has 0 fully saturated rings. The molecule has 0 aliphatic heterocycles. The molecule has 0 aliphatic rings. The highest BCUT2D eigenvalue weighted by atomic mass is 16.5. The summed E-state index contributed by atoms with van der Waals surface area (Å²) < 4.78 is 7.42. The second-order valence-corrected chi connectivity index (χ2v) is 5.34. The van der Waals surface area contributed by atoms with Crippen LogP contribution in [0.3, 0.4) is 0 Å². The molecule has 0 amide bonds. The van der Waals surface area contributed by atoms with Crippen molar-refractivity contribution in [2.45, 2.75) is 45.6 Å². The molecule has 0 unspecified atom stereocenters. The number of rotatable bonds is 4. The summed E-state index contributed by atoms with van der Waals surface area (Å²) in [6.45, 7) is 7.35. The highest BCUT2D eigenvalue weighted by Crippen LogP contribution is 2.22. The first-order valence-electron chi connectivity index (χ1n) is 5.97. The molecule has 0 saturated heterocycles. The molecule has 2 rings (SSSR count). The Morgan fingerprint density at radius 2 is 2.18 bits per heavy atom. The van der Waals surface area contributed by atoms with E-state index < -0.39 is 0 Å². The van der Waals surface area contributed by atoms with E-state index in [0.717, 1.165) is 30.8 Å². The van der Waals surface area contributed by atoms with Gasteiger partial charge in [0, 0.05) is 30.4 Å². The number of imidazole rings is 1. The lowest BCUT2D eigenvalue weighted by atomic mass is 9.93. The summed E-state index contributed by atoms with van der Waals surface area (Å²) in [5.74, 6) is 0.954. The van der Waals surface area contributed by atoms with E-state index in [1.807, 2.05) is 12.5 Å². The van der Waals surface area contributed by atoms with Crippen molar-refractivity contribution in [3.63, 3.8) is 0 Å². The van der Waals surface area contributed by atoms with Crippen LogP contribution < -0.4 is 0 Å². The Hall–Kier alpha value is -1.58. The Morgan fingerprint density at radius 3 is 2.76 bits per heavy atom. The molecule has 0 atom stereocenters. The van der Waals surface area contributed by atoms with Crippen LogP contribution in [0.4, 0.5) is 0 Å². The zero-order valence-electron chi connectivity index (χ0n) is 10.7. The van der Waals surface area contributed by atoms with E-state index in [9.17, 15) is 0 Å². The molecular formula is C13H19N3O. The number of nitrogens with zero attached hydrogens (tertiary/aromatic N) is 3. The quantitative estimate of drug-likeness (QED) is 0.815. The summed E-state index contributed by atoms with van der Waals surface area (Å²) in [6, 6.07) is 2.06. The van der Waals surface area contributed by atoms with Crippen molar-refractivity contribution >= 4 is 0 Å². The van der Waals surface area contributed by atoms with Crippen LogP contribution in [0.2, 0.25) is 0 Å². The van der Waals surface area contributed by atoms with Crippen LogP contribution in [0.5, 0.6) is 0 Å². The molecule has 4 heteroatoms. The van der Waals surface area contributed by atoms with Gasteiger partial charge in [0.05, 0.1) is 12.0 Å². The summed E-state index contributed by atoms with van der Waals surface area (Å²) in [5, 5.41) is 4.10. The zero-order chi connectivity index (χ0) is 12.3. The Morgan fingerprint density at radius 1 is 1.35 bits per heavy atom. The second-order valence-electron chi connectivity index (χ2n) is 5.34. The van der Waals surface area contributed by atoms with E-state index in [1.165, 1.54) is 0 Å². The van der Waals surface area contributed by atoms with E-state index in [4.69, 9.17) is 4.52 Å². The fourth-order valence-corrected chi connectivity index (χ4v) is 1.64. The van der Waals surface area contributed by atoms with Crippen LogP contribution in [-0.4, -0.2) is 14.7 Å². The van der Waals surface area contributed by atoms with Gasteiger partial charge >= 0.3 is 0 Å². The first-order chi connectivity index (χ1) is 8.05. The lowest BCUT2D eigenvalue weighted by molar-refractivity contribution is 0.325. The summed E-state index contributed by atoms with van der Waals surface area (Å²) in [4.78, 5) is 4.01. The normalized spacial score (nSPS) is 11.9. The number of aryl methyl sites for hydroxylation is 2. The van der Waals surface area contributed by atoms with Gasteiger partial charge in [-0.2, -0.15) is 0 Å². The minimum absolute atomic E-state index is 0.0373. The predicted molar refractivity (Wildman–Crippen MR) is 65.8 cm³/mol. The van der Waals surface area contributed by atoms with Crippen LogP contribution in [0.1, 0.15) is 38.6 Å². The molecule has 0 radical (unpaired) electrons. The van der Waals surface area contributed by atoms with Gasteiger partial charge in [-0.3, -0.25) is 0 Å². The molecule has 0 N–H and O–H groups in total. The minimum Gasteiger partial charge on any atom is -0.361 e. The van der Waals surface area contributed by atoms with Gasteiger partial charge in [0.1, 0.15) is 5.76 Å². The molecule has 2 heterocycles. The Labute approximate surface area is 102 Å². The van der Waals surface area contributed by atoms with Crippen molar-refractivity contribution < 1.29 is 4.52 Å². The average Bonchev–Trinajstić information content (AvgIpc) is 2.86. The van der Waals surface area contributed by atoms with Crippen molar-refractivity contribution in [2.75, 3.05) is 0 Å². The molecule has 0 saturated carbocycles. The molecule has 2 aromatic rings. The van der Waals surface area contributed by atoms with E-state index >= 15 is 0 Å². The standard InChI is InChI=1S/C13H19N3O/c1-13(2,3)12-9-11(15-17-12)5-4-7-16-8-6-14-10-16/h6,8-10H,4-5,7H2,1-3H3. The van der Waals surface area contributed by atoms with Crippen LogP contribution in [0.25, 0.3) is 0 Å². The van der Waals surface area contributed by atoms with Gasteiger partial charge < -0.3 is 9.09 Å². The van der Waals surface area contributed by atoms with Gasteiger partial charge in [0.2, 0.25) is 0 Å². The molecule has 0 spiro atoms. The molecule has 2 aromatic heterocycles. The van der Waals surface area contributed by atoms with Crippen LogP contribution in [0.15, 0.2) is 29.3 Å². The molecule has 4 nitrogen and oxygen atoms in total. The van der Waals surface area contributed by atoms with Gasteiger partial charge in [0.25, 0.3) is 0 Å². The lowest BCUT2D eigenvalue weighted by Gasteiger charge is -2.12. The van der Waals surface area contributed by atoms with Gasteiger partial charge in [0.15, 0.2) is 0 Å². The zero-order valence-corrected chi connectivity index (χ0v) is 10.7. The van der Waals surface area contributed by atoms with Gasteiger partial charge in [-0.05, 0) is 12.8 Å². The predicted octanol–water partition coefficient (Wildman–Crippen LogP) is 2.80. The number of aromatic nitrogens is 3. The molecule has 92 valence electrons. The molecular weight excluding hydrogens is 214 g/mol. The fraction of sp³-hybridized carbons (Fsp3) is 0.538.